The van der Waals surface area contributed by atoms with Gasteiger partial charge in [0.25, 0.3) is 0 Å². The molecule has 1 aliphatic rings. The van der Waals surface area contributed by atoms with Crippen LogP contribution in [0.5, 0.6) is 0 Å². The number of aromatic nitrogens is 1. The van der Waals surface area contributed by atoms with Gasteiger partial charge >= 0.3 is 0 Å². The molecule has 0 saturated heterocycles. The van der Waals surface area contributed by atoms with E-state index >= 15 is 0 Å². The molecule has 1 N–H and O–H groups in total. The fourth-order valence-corrected chi connectivity index (χ4v) is 3.17. The van der Waals surface area contributed by atoms with Crippen molar-refractivity contribution in [3.8, 4) is 0 Å². The molecule has 0 fully saturated rings. The zero-order valence-electron chi connectivity index (χ0n) is 11.9. The number of carbonyl (C=O) groups is 1. The topological polar surface area (TPSA) is 59.3 Å². The third-order valence-electron chi connectivity index (χ3n) is 4.33. The molecule has 1 heterocycles. The van der Waals surface area contributed by atoms with Gasteiger partial charge in [-0.2, -0.15) is 4.73 Å². The van der Waals surface area contributed by atoms with Gasteiger partial charge in [-0.1, -0.05) is 25.4 Å². The third-order valence-corrected chi connectivity index (χ3v) is 4.56. The minimum atomic E-state index is -0.333. The van der Waals surface area contributed by atoms with Gasteiger partial charge in [0.15, 0.2) is 5.78 Å². The Kier molecular flexibility index (Phi) is 3.29. The molecule has 4 nitrogen and oxygen atoms in total. The van der Waals surface area contributed by atoms with Crippen LogP contribution in [-0.2, 0) is 6.42 Å². The van der Waals surface area contributed by atoms with Gasteiger partial charge in [-0.05, 0) is 36.5 Å². The number of carbonyl (C=O) groups excluding carboxylic acids is 1. The van der Waals surface area contributed by atoms with Crippen LogP contribution >= 0.6 is 11.6 Å². The minimum absolute atomic E-state index is 0.115. The van der Waals surface area contributed by atoms with E-state index in [0.29, 0.717) is 35.0 Å². The average Bonchev–Trinajstić information content (AvgIpc) is 2.43. The highest BCUT2D eigenvalue weighted by molar-refractivity contribution is 6.31. The van der Waals surface area contributed by atoms with Gasteiger partial charge in [0.1, 0.15) is 0 Å². The van der Waals surface area contributed by atoms with Gasteiger partial charge in [-0.15, -0.1) is 0 Å². The van der Waals surface area contributed by atoms with Crippen LogP contribution in [0.25, 0.3) is 10.9 Å². The fourth-order valence-electron chi connectivity index (χ4n) is 3.00. The number of hydrogen-bond donors (Lipinski definition) is 1. The number of ketones is 1. The molecule has 0 amide bonds. The van der Waals surface area contributed by atoms with Gasteiger partial charge in [-0.3, -0.25) is 9.59 Å². The predicted molar refractivity (Wildman–Crippen MR) is 81.4 cm³/mol. The summed E-state index contributed by atoms with van der Waals surface area (Å²) in [5.41, 5.74) is 0.592. The van der Waals surface area contributed by atoms with Crippen molar-refractivity contribution in [3.63, 3.8) is 0 Å². The number of pyridine rings is 1. The SMILES string of the molecule is CC(C)C1CC(=O)c2c(n(O)c3ccc(Cl)cc3c2=O)C1. The van der Waals surface area contributed by atoms with E-state index in [4.69, 9.17) is 11.6 Å². The zero-order chi connectivity index (χ0) is 15.3. The molecule has 5 heteroatoms. The monoisotopic (exact) mass is 305 g/mol. The second-order valence-electron chi connectivity index (χ2n) is 5.96. The first-order valence-corrected chi connectivity index (χ1v) is 7.37. The molecule has 21 heavy (non-hydrogen) atoms. The molecule has 3 rings (SSSR count). The summed E-state index contributed by atoms with van der Waals surface area (Å²) in [5, 5.41) is 11.1. The highest BCUT2D eigenvalue weighted by Crippen LogP contribution is 2.30. The fraction of sp³-hybridized carbons (Fsp3) is 0.375. The van der Waals surface area contributed by atoms with E-state index in [-0.39, 0.29) is 28.1 Å². The maximum atomic E-state index is 12.6. The first kappa shape index (κ1) is 14.1. The Bertz CT molecular complexity index is 807. The van der Waals surface area contributed by atoms with Crippen molar-refractivity contribution in [2.45, 2.75) is 26.7 Å². The summed E-state index contributed by atoms with van der Waals surface area (Å²) >= 11 is 5.91. The van der Waals surface area contributed by atoms with E-state index in [1.807, 2.05) is 13.8 Å². The highest BCUT2D eigenvalue weighted by Gasteiger charge is 2.32. The van der Waals surface area contributed by atoms with Crippen LogP contribution in [0.2, 0.25) is 5.02 Å². The normalized spacial score (nSPS) is 18.3. The molecule has 2 aromatic rings. The van der Waals surface area contributed by atoms with Crippen molar-refractivity contribution < 1.29 is 10.0 Å². The summed E-state index contributed by atoms with van der Waals surface area (Å²) in [6.45, 7) is 4.09. The maximum absolute atomic E-state index is 12.6. The number of rotatable bonds is 1. The molecular formula is C16H16ClNO3. The molecule has 1 aromatic carbocycles. The van der Waals surface area contributed by atoms with Gasteiger partial charge < -0.3 is 5.21 Å². The minimum Gasteiger partial charge on any atom is -0.428 e. The van der Waals surface area contributed by atoms with Crippen LogP contribution in [0.3, 0.4) is 0 Å². The number of nitrogens with zero attached hydrogens (tertiary/aromatic N) is 1. The van der Waals surface area contributed by atoms with Gasteiger partial charge in [0.05, 0.1) is 22.2 Å². The highest BCUT2D eigenvalue weighted by atomic mass is 35.5. The van der Waals surface area contributed by atoms with Crippen molar-refractivity contribution in [2.75, 3.05) is 0 Å². The Hall–Kier alpha value is -1.81. The molecule has 1 unspecified atom stereocenters. The Morgan fingerprint density at radius 3 is 2.67 bits per heavy atom. The molecule has 0 radical (unpaired) electrons. The quantitative estimate of drug-likeness (QED) is 0.822. The molecule has 0 saturated carbocycles. The summed E-state index contributed by atoms with van der Waals surface area (Å²) < 4.78 is 0.981. The lowest BCUT2D eigenvalue weighted by atomic mass is 9.79. The van der Waals surface area contributed by atoms with Gasteiger partial charge in [-0.25, -0.2) is 0 Å². The van der Waals surface area contributed by atoms with Crippen LogP contribution in [0.4, 0.5) is 0 Å². The Morgan fingerprint density at radius 1 is 1.29 bits per heavy atom. The molecule has 1 aliphatic carbocycles. The van der Waals surface area contributed by atoms with Crippen LogP contribution < -0.4 is 5.43 Å². The molecule has 0 spiro atoms. The number of Topliss-reactive ketones (excluding diaryl/α,β-unsaturated/α-hetero) is 1. The Labute approximate surface area is 126 Å². The van der Waals surface area contributed by atoms with Crippen LogP contribution in [0.15, 0.2) is 23.0 Å². The third kappa shape index (κ3) is 2.14. The van der Waals surface area contributed by atoms with Crippen LogP contribution in [0, 0.1) is 11.8 Å². The van der Waals surface area contributed by atoms with Gasteiger partial charge in [0, 0.05) is 11.4 Å². The average molecular weight is 306 g/mol. The van der Waals surface area contributed by atoms with E-state index in [1.54, 1.807) is 12.1 Å². The number of fused-ring (bicyclic) bond motifs is 2. The standard InChI is InChI=1S/C16H16ClNO3/c1-8(2)9-5-13-15(14(19)6-9)16(20)11-7-10(17)3-4-12(11)18(13)21/h3-4,7-9,21H,5-6H2,1-2H3. The second kappa shape index (κ2) is 4.88. The van der Waals surface area contributed by atoms with E-state index in [2.05, 4.69) is 0 Å². The summed E-state index contributed by atoms with van der Waals surface area (Å²) in [6.07, 6.45) is 0.884. The Balaban J connectivity index is 2.34. The number of hydrogen-bond acceptors (Lipinski definition) is 3. The molecular weight excluding hydrogens is 290 g/mol. The van der Waals surface area contributed by atoms with Crippen molar-refractivity contribution in [1.82, 2.24) is 4.73 Å². The molecule has 110 valence electrons. The predicted octanol–water partition coefficient (Wildman–Crippen LogP) is 3.29. The van der Waals surface area contributed by atoms with Crippen molar-refractivity contribution in [3.05, 3.63) is 44.7 Å². The summed E-state index contributed by atoms with van der Waals surface area (Å²) in [5.74, 6) is 0.273. The lowest BCUT2D eigenvalue weighted by Crippen LogP contribution is -2.32. The van der Waals surface area contributed by atoms with Gasteiger partial charge in [0.2, 0.25) is 5.43 Å². The number of benzene rings is 1. The van der Waals surface area contributed by atoms with E-state index in [0.717, 1.165) is 4.73 Å². The van der Waals surface area contributed by atoms with E-state index < -0.39 is 0 Å². The second-order valence-corrected chi connectivity index (χ2v) is 6.40. The molecule has 1 aromatic heterocycles. The Morgan fingerprint density at radius 2 is 2.00 bits per heavy atom. The first-order chi connectivity index (χ1) is 9.90. The van der Waals surface area contributed by atoms with Crippen molar-refractivity contribution >= 4 is 28.3 Å². The van der Waals surface area contributed by atoms with Crippen molar-refractivity contribution in [1.29, 1.82) is 0 Å². The summed E-state index contributed by atoms with van der Waals surface area (Å²) in [4.78, 5) is 24.9. The smallest absolute Gasteiger partial charge is 0.200 e. The van der Waals surface area contributed by atoms with E-state index in [1.165, 1.54) is 6.07 Å². The summed E-state index contributed by atoms with van der Waals surface area (Å²) in [7, 11) is 0. The number of halogens is 1. The lowest BCUT2D eigenvalue weighted by molar-refractivity contribution is 0.0912. The molecule has 1 atom stereocenters. The summed E-state index contributed by atoms with van der Waals surface area (Å²) in [6, 6.07) is 4.71. The van der Waals surface area contributed by atoms with Crippen LogP contribution in [0.1, 0.15) is 36.3 Å². The first-order valence-electron chi connectivity index (χ1n) is 6.99. The molecule has 0 aliphatic heterocycles. The van der Waals surface area contributed by atoms with Crippen LogP contribution in [-0.4, -0.2) is 15.7 Å². The molecule has 0 bridgehead atoms. The maximum Gasteiger partial charge on any atom is 0.200 e. The zero-order valence-corrected chi connectivity index (χ0v) is 12.6. The van der Waals surface area contributed by atoms with E-state index in [9.17, 15) is 14.8 Å². The lowest BCUT2D eigenvalue weighted by Gasteiger charge is -2.27. The van der Waals surface area contributed by atoms with Crippen molar-refractivity contribution in [2.24, 2.45) is 11.8 Å². The largest absolute Gasteiger partial charge is 0.428 e.